The third-order valence-electron chi connectivity index (χ3n) is 3.22. The predicted octanol–water partition coefficient (Wildman–Crippen LogP) is 3.35. The summed E-state index contributed by atoms with van der Waals surface area (Å²) < 4.78 is 5.61. The molecule has 2 aromatic carbocycles. The first-order valence-electron chi connectivity index (χ1n) is 6.53. The molecule has 0 spiro atoms. The van der Waals surface area contributed by atoms with Crippen LogP contribution < -0.4 is 4.74 Å². The van der Waals surface area contributed by atoms with E-state index in [1.165, 1.54) is 0 Å². The van der Waals surface area contributed by atoms with E-state index >= 15 is 0 Å². The number of aliphatic hydroxyl groups excluding tert-OH is 1. The molecular weight excluding hydrogens is 250 g/mol. The minimum atomic E-state index is -0.665. The lowest BCUT2D eigenvalue weighted by Gasteiger charge is -2.14. The number of fused-ring (bicyclic) bond motifs is 1. The highest BCUT2D eigenvalue weighted by Crippen LogP contribution is 2.24. The molecule has 0 amide bonds. The van der Waals surface area contributed by atoms with Gasteiger partial charge in [-0.15, -0.1) is 0 Å². The number of hydrogen-bond acceptors (Lipinski definition) is 3. The van der Waals surface area contributed by atoms with E-state index in [0.717, 1.165) is 22.1 Å². The number of rotatable bonds is 4. The number of ether oxygens (including phenoxy) is 1. The normalized spacial score (nSPS) is 12.2. The maximum atomic E-state index is 10.3. The van der Waals surface area contributed by atoms with Crippen LogP contribution in [0.2, 0.25) is 0 Å². The van der Waals surface area contributed by atoms with Gasteiger partial charge in [0.05, 0.1) is 0 Å². The monoisotopic (exact) mass is 265 g/mol. The molecule has 1 atom stereocenters. The highest BCUT2D eigenvalue weighted by atomic mass is 16.5. The minimum absolute atomic E-state index is 0.228. The quantitative estimate of drug-likeness (QED) is 0.786. The summed E-state index contributed by atoms with van der Waals surface area (Å²) in [5.41, 5.74) is 0.862. The lowest BCUT2D eigenvalue weighted by Crippen LogP contribution is -2.10. The Bertz CT molecular complexity index is 692. The number of aromatic nitrogens is 1. The molecular formula is C17H15NO2. The van der Waals surface area contributed by atoms with Crippen molar-refractivity contribution in [3.63, 3.8) is 0 Å². The van der Waals surface area contributed by atoms with E-state index in [-0.39, 0.29) is 6.61 Å². The second-order valence-corrected chi connectivity index (χ2v) is 4.58. The van der Waals surface area contributed by atoms with Crippen LogP contribution in [0.4, 0.5) is 0 Å². The van der Waals surface area contributed by atoms with Gasteiger partial charge in [-0.2, -0.15) is 0 Å². The third kappa shape index (κ3) is 2.63. The van der Waals surface area contributed by atoms with Gasteiger partial charge >= 0.3 is 0 Å². The maximum absolute atomic E-state index is 10.3. The average molecular weight is 265 g/mol. The fourth-order valence-corrected chi connectivity index (χ4v) is 2.22. The van der Waals surface area contributed by atoms with Crippen LogP contribution in [0, 0.1) is 0 Å². The molecule has 0 saturated heterocycles. The van der Waals surface area contributed by atoms with E-state index in [1.807, 2.05) is 54.6 Å². The van der Waals surface area contributed by atoms with Crippen LogP contribution in [0.25, 0.3) is 10.8 Å². The molecule has 20 heavy (non-hydrogen) atoms. The molecule has 0 bridgehead atoms. The maximum Gasteiger partial charge on any atom is 0.119 e. The van der Waals surface area contributed by atoms with Gasteiger partial charge < -0.3 is 9.84 Å². The SMILES string of the molecule is OC(COc1ccccc1)c1cccc2cnccc12. The number of nitrogens with zero attached hydrogens (tertiary/aromatic N) is 1. The Morgan fingerprint density at radius 3 is 2.70 bits per heavy atom. The van der Waals surface area contributed by atoms with Crippen LogP contribution in [0.15, 0.2) is 67.0 Å². The molecule has 0 saturated carbocycles. The molecule has 3 heteroatoms. The zero-order valence-electron chi connectivity index (χ0n) is 10.9. The van der Waals surface area contributed by atoms with Crippen LogP contribution in [0.5, 0.6) is 5.75 Å². The van der Waals surface area contributed by atoms with Gasteiger partial charge in [0.25, 0.3) is 0 Å². The average Bonchev–Trinajstić information content (AvgIpc) is 2.53. The van der Waals surface area contributed by atoms with Gasteiger partial charge in [0, 0.05) is 17.8 Å². The molecule has 1 unspecified atom stereocenters. The van der Waals surface area contributed by atoms with Crippen molar-refractivity contribution >= 4 is 10.8 Å². The van der Waals surface area contributed by atoms with Gasteiger partial charge in [-0.3, -0.25) is 4.98 Å². The Balaban J connectivity index is 1.80. The fourth-order valence-electron chi connectivity index (χ4n) is 2.22. The topological polar surface area (TPSA) is 42.4 Å². The van der Waals surface area contributed by atoms with Crippen molar-refractivity contribution in [2.45, 2.75) is 6.10 Å². The summed E-state index contributed by atoms with van der Waals surface area (Å²) in [4.78, 5) is 4.09. The molecule has 1 aromatic heterocycles. The molecule has 1 N–H and O–H groups in total. The standard InChI is InChI=1S/C17H15NO2/c19-17(12-20-14-6-2-1-3-7-14)16-8-4-5-13-11-18-10-9-15(13)16/h1-11,17,19H,12H2. The molecule has 3 aromatic rings. The summed E-state index contributed by atoms with van der Waals surface area (Å²) in [6.07, 6.45) is 2.86. The van der Waals surface area contributed by atoms with E-state index in [9.17, 15) is 5.11 Å². The molecule has 3 rings (SSSR count). The Labute approximate surface area is 117 Å². The highest BCUT2D eigenvalue weighted by Gasteiger charge is 2.11. The lowest BCUT2D eigenvalue weighted by atomic mass is 10.0. The van der Waals surface area contributed by atoms with Crippen molar-refractivity contribution in [2.24, 2.45) is 0 Å². The fraction of sp³-hybridized carbons (Fsp3) is 0.118. The minimum Gasteiger partial charge on any atom is -0.491 e. The summed E-state index contributed by atoms with van der Waals surface area (Å²) >= 11 is 0. The van der Waals surface area contributed by atoms with Crippen LogP contribution in [-0.2, 0) is 0 Å². The van der Waals surface area contributed by atoms with Crippen molar-refractivity contribution in [2.75, 3.05) is 6.61 Å². The lowest BCUT2D eigenvalue weighted by molar-refractivity contribution is 0.109. The van der Waals surface area contributed by atoms with Crippen LogP contribution in [0.3, 0.4) is 0 Å². The van der Waals surface area contributed by atoms with Crippen molar-refractivity contribution in [1.29, 1.82) is 0 Å². The largest absolute Gasteiger partial charge is 0.491 e. The number of pyridine rings is 1. The van der Waals surface area contributed by atoms with E-state index in [1.54, 1.807) is 12.4 Å². The first-order valence-corrected chi connectivity index (χ1v) is 6.53. The van der Waals surface area contributed by atoms with Crippen LogP contribution in [0.1, 0.15) is 11.7 Å². The molecule has 0 aliphatic rings. The molecule has 0 fully saturated rings. The van der Waals surface area contributed by atoms with Gasteiger partial charge in [0.15, 0.2) is 0 Å². The molecule has 0 aliphatic heterocycles. The van der Waals surface area contributed by atoms with E-state index in [2.05, 4.69) is 4.98 Å². The smallest absolute Gasteiger partial charge is 0.119 e. The van der Waals surface area contributed by atoms with Gasteiger partial charge in [0.2, 0.25) is 0 Å². The van der Waals surface area contributed by atoms with Gasteiger partial charge in [-0.25, -0.2) is 0 Å². The Hall–Kier alpha value is -2.39. The summed E-state index contributed by atoms with van der Waals surface area (Å²) in [5, 5.41) is 12.4. The van der Waals surface area contributed by atoms with Crippen LogP contribution in [-0.4, -0.2) is 16.7 Å². The zero-order chi connectivity index (χ0) is 13.8. The van der Waals surface area contributed by atoms with Crippen LogP contribution >= 0.6 is 0 Å². The van der Waals surface area contributed by atoms with Crippen molar-refractivity contribution in [3.8, 4) is 5.75 Å². The van der Waals surface area contributed by atoms with E-state index in [0.29, 0.717) is 0 Å². The molecule has 3 nitrogen and oxygen atoms in total. The molecule has 0 aliphatic carbocycles. The summed E-state index contributed by atoms with van der Waals surface area (Å²) in [6, 6.07) is 17.2. The first kappa shape index (κ1) is 12.6. The molecule has 100 valence electrons. The van der Waals surface area contributed by atoms with Crippen molar-refractivity contribution in [3.05, 3.63) is 72.6 Å². The molecule has 1 heterocycles. The Kier molecular flexibility index (Phi) is 3.61. The van der Waals surface area contributed by atoms with E-state index < -0.39 is 6.10 Å². The number of aliphatic hydroxyl groups is 1. The summed E-state index contributed by atoms with van der Waals surface area (Å²) in [7, 11) is 0. The van der Waals surface area contributed by atoms with E-state index in [4.69, 9.17) is 4.74 Å². The second-order valence-electron chi connectivity index (χ2n) is 4.58. The second kappa shape index (κ2) is 5.72. The predicted molar refractivity (Wildman–Crippen MR) is 78.6 cm³/mol. The highest BCUT2D eigenvalue weighted by molar-refractivity contribution is 5.85. The van der Waals surface area contributed by atoms with Gasteiger partial charge in [-0.1, -0.05) is 36.4 Å². The molecule has 0 radical (unpaired) electrons. The summed E-state index contributed by atoms with van der Waals surface area (Å²) in [5.74, 6) is 0.758. The van der Waals surface area contributed by atoms with Gasteiger partial charge in [-0.05, 0) is 29.1 Å². The first-order chi connectivity index (χ1) is 9.84. The Morgan fingerprint density at radius 2 is 1.85 bits per heavy atom. The third-order valence-corrected chi connectivity index (χ3v) is 3.22. The Morgan fingerprint density at radius 1 is 1.00 bits per heavy atom. The zero-order valence-corrected chi connectivity index (χ0v) is 10.9. The van der Waals surface area contributed by atoms with Crippen molar-refractivity contribution in [1.82, 2.24) is 4.98 Å². The number of para-hydroxylation sites is 1. The van der Waals surface area contributed by atoms with Crippen molar-refractivity contribution < 1.29 is 9.84 Å². The number of benzene rings is 2. The number of hydrogen-bond donors (Lipinski definition) is 1. The summed E-state index contributed by atoms with van der Waals surface area (Å²) in [6.45, 7) is 0.228. The van der Waals surface area contributed by atoms with Gasteiger partial charge in [0.1, 0.15) is 18.5 Å².